The van der Waals surface area contributed by atoms with E-state index >= 15 is 0 Å². The standard InChI is InChI=1S/C18H10F3N3O4/c19-18(20,21)17(28)22-10-7-5-9(6-8-10)16(27)24-23-13-14(25)11-3-1-2-4-12(11)15(13)26/h1-8H,(H,22,28)(H,24,27). The van der Waals surface area contributed by atoms with Gasteiger partial charge in [-0.3, -0.25) is 19.2 Å². The lowest BCUT2D eigenvalue weighted by Gasteiger charge is -2.08. The third kappa shape index (κ3) is 3.65. The van der Waals surface area contributed by atoms with Crippen molar-refractivity contribution < 1.29 is 22.8 Å². The molecule has 3 rings (SSSR count). The SMILES string of the molecule is O=C(NN=c1c(=O)c2ccccc2c1=O)c1ccc(NC(=O)C(F)(F)F)cc1. The molecular formula is C18H10F3N3O4. The van der Waals surface area contributed by atoms with Crippen molar-refractivity contribution in [1.82, 2.24) is 5.43 Å². The number of carbonyl (C=O) groups is 2. The first-order valence-electron chi connectivity index (χ1n) is 7.73. The Bertz CT molecular complexity index is 1170. The molecule has 2 N–H and O–H groups in total. The van der Waals surface area contributed by atoms with Crippen LogP contribution in [0.25, 0.3) is 10.8 Å². The van der Waals surface area contributed by atoms with Crippen molar-refractivity contribution in [1.29, 1.82) is 0 Å². The normalized spacial score (nSPS) is 11.2. The maximum absolute atomic E-state index is 12.2. The molecule has 0 heterocycles. The molecule has 0 aliphatic heterocycles. The lowest BCUT2D eigenvalue weighted by Crippen LogP contribution is -2.35. The van der Waals surface area contributed by atoms with Crippen molar-refractivity contribution in [3.63, 3.8) is 0 Å². The number of benzene rings is 2. The Kier molecular flexibility index (Phi) is 4.78. The zero-order chi connectivity index (χ0) is 20.5. The van der Waals surface area contributed by atoms with Gasteiger partial charge in [-0.25, -0.2) is 5.43 Å². The summed E-state index contributed by atoms with van der Waals surface area (Å²) in [6, 6.07) is 10.6. The van der Waals surface area contributed by atoms with Crippen LogP contribution in [0.2, 0.25) is 0 Å². The Hall–Kier alpha value is -3.82. The van der Waals surface area contributed by atoms with Crippen molar-refractivity contribution >= 4 is 28.3 Å². The predicted molar refractivity (Wildman–Crippen MR) is 93.0 cm³/mol. The lowest BCUT2D eigenvalue weighted by atomic mass is 10.2. The highest BCUT2D eigenvalue weighted by Gasteiger charge is 2.38. The molecule has 0 aliphatic carbocycles. The molecular weight excluding hydrogens is 379 g/mol. The van der Waals surface area contributed by atoms with Crippen LogP contribution < -0.4 is 27.0 Å². The second kappa shape index (κ2) is 7.06. The summed E-state index contributed by atoms with van der Waals surface area (Å²) in [5.41, 5.74) is 0.648. The highest BCUT2D eigenvalue weighted by molar-refractivity contribution is 5.97. The van der Waals surface area contributed by atoms with Crippen molar-refractivity contribution in [3.8, 4) is 0 Å². The molecule has 3 aromatic carbocycles. The minimum absolute atomic E-state index is 0.00948. The van der Waals surface area contributed by atoms with E-state index in [1.165, 1.54) is 12.1 Å². The van der Waals surface area contributed by atoms with Gasteiger partial charge in [0.1, 0.15) is 0 Å². The minimum Gasteiger partial charge on any atom is -0.318 e. The smallest absolute Gasteiger partial charge is 0.318 e. The first kappa shape index (κ1) is 19.0. The Morgan fingerprint density at radius 1 is 0.857 bits per heavy atom. The number of hydrogen-bond donors (Lipinski definition) is 2. The summed E-state index contributed by atoms with van der Waals surface area (Å²) < 4.78 is 36.6. The van der Waals surface area contributed by atoms with E-state index < -0.39 is 34.2 Å². The fourth-order valence-electron chi connectivity index (χ4n) is 2.42. The van der Waals surface area contributed by atoms with Crippen LogP contribution in [0.4, 0.5) is 18.9 Å². The second-order valence-corrected chi connectivity index (χ2v) is 5.63. The predicted octanol–water partition coefficient (Wildman–Crippen LogP) is 1.18. The van der Waals surface area contributed by atoms with Gasteiger partial charge in [-0.15, -0.1) is 0 Å². The number of halogens is 3. The third-order valence-electron chi connectivity index (χ3n) is 3.78. The fraction of sp³-hybridized carbons (Fsp3) is 0.0556. The highest BCUT2D eigenvalue weighted by atomic mass is 19.4. The Morgan fingerprint density at radius 2 is 1.39 bits per heavy atom. The van der Waals surface area contributed by atoms with Crippen LogP contribution in [0.15, 0.2) is 63.2 Å². The molecule has 0 aliphatic rings. The Balaban J connectivity index is 1.79. The van der Waals surface area contributed by atoms with Gasteiger partial charge < -0.3 is 5.32 Å². The van der Waals surface area contributed by atoms with Crippen molar-refractivity contribution in [2.24, 2.45) is 5.10 Å². The summed E-state index contributed by atoms with van der Waals surface area (Å²) in [6.07, 6.45) is -5.04. The van der Waals surface area contributed by atoms with Crippen molar-refractivity contribution in [2.45, 2.75) is 6.18 Å². The third-order valence-corrected chi connectivity index (χ3v) is 3.78. The van der Waals surface area contributed by atoms with Gasteiger partial charge in [0.2, 0.25) is 10.9 Å². The quantitative estimate of drug-likeness (QED) is 0.657. The largest absolute Gasteiger partial charge is 0.471 e. The van der Waals surface area contributed by atoms with E-state index in [-0.39, 0.29) is 22.0 Å². The van der Waals surface area contributed by atoms with Gasteiger partial charge in [-0.1, -0.05) is 24.3 Å². The van der Waals surface area contributed by atoms with E-state index in [1.54, 1.807) is 17.4 Å². The molecule has 0 saturated heterocycles. The van der Waals surface area contributed by atoms with E-state index in [2.05, 4.69) is 10.5 Å². The van der Waals surface area contributed by atoms with E-state index in [1.807, 2.05) is 0 Å². The number of nitrogens with zero attached hydrogens (tertiary/aromatic N) is 1. The molecule has 3 aromatic rings. The van der Waals surface area contributed by atoms with Crippen LogP contribution in [-0.2, 0) is 4.79 Å². The summed E-state index contributed by atoms with van der Waals surface area (Å²) in [6.45, 7) is 0. The van der Waals surface area contributed by atoms with Crippen LogP contribution in [0.3, 0.4) is 0 Å². The molecule has 0 aromatic heterocycles. The van der Waals surface area contributed by atoms with Crippen molar-refractivity contribution in [3.05, 3.63) is 79.9 Å². The van der Waals surface area contributed by atoms with E-state index in [9.17, 15) is 32.3 Å². The average molecular weight is 389 g/mol. The molecule has 0 spiro atoms. The molecule has 0 bridgehead atoms. The summed E-state index contributed by atoms with van der Waals surface area (Å²) in [5, 5.41) is 5.14. The molecule has 7 nitrogen and oxygen atoms in total. The molecule has 2 amide bonds. The van der Waals surface area contributed by atoms with E-state index in [4.69, 9.17) is 0 Å². The van der Waals surface area contributed by atoms with Gasteiger partial charge in [0.25, 0.3) is 5.91 Å². The van der Waals surface area contributed by atoms with Crippen LogP contribution in [0.1, 0.15) is 10.4 Å². The van der Waals surface area contributed by atoms with Crippen LogP contribution >= 0.6 is 0 Å². The minimum atomic E-state index is -5.04. The average Bonchev–Trinajstić information content (AvgIpc) is 2.90. The number of hydrogen-bond acceptors (Lipinski definition) is 5. The fourth-order valence-corrected chi connectivity index (χ4v) is 2.42. The number of alkyl halides is 3. The van der Waals surface area contributed by atoms with Gasteiger partial charge in [-0.2, -0.15) is 18.3 Å². The van der Waals surface area contributed by atoms with Crippen LogP contribution in [0.5, 0.6) is 0 Å². The number of fused-ring (bicyclic) bond motifs is 1. The Labute approximate surface area is 153 Å². The zero-order valence-corrected chi connectivity index (χ0v) is 13.8. The van der Waals surface area contributed by atoms with Gasteiger partial charge >= 0.3 is 12.1 Å². The number of amides is 2. The zero-order valence-electron chi connectivity index (χ0n) is 13.8. The summed E-state index contributed by atoms with van der Waals surface area (Å²) in [5.74, 6) is -2.94. The first-order chi connectivity index (χ1) is 13.2. The lowest BCUT2D eigenvalue weighted by molar-refractivity contribution is -0.167. The molecule has 10 heteroatoms. The summed E-state index contributed by atoms with van der Waals surface area (Å²) in [7, 11) is 0. The number of rotatable bonds is 3. The molecule has 0 saturated carbocycles. The van der Waals surface area contributed by atoms with Crippen LogP contribution in [-0.4, -0.2) is 18.0 Å². The number of anilines is 1. The second-order valence-electron chi connectivity index (χ2n) is 5.63. The van der Waals surface area contributed by atoms with E-state index in [0.29, 0.717) is 0 Å². The first-order valence-corrected chi connectivity index (χ1v) is 7.73. The van der Waals surface area contributed by atoms with Gasteiger partial charge in [0.15, 0.2) is 5.36 Å². The molecule has 142 valence electrons. The topological polar surface area (TPSA) is 105 Å². The van der Waals surface area contributed by atoms with Gasteiger partial charge in [-0.05, 0) is 24.3 Å². The van der Waals surface area contributed by atoms with Crippen molar-refractivity contribution in [2.75, 3.05) is 5.32 Å². The number of nitrogens with one attached hydrogen (secondary N) is 2. The molecule has 28 heavy (non-hydrogen) atoms. The van der Waals surface area contributed by atoms with E-state index in [0.717, 1.165) is 24.3 Å². The number of carbonyl (C=O) groups excluding carboxylic acids is 2. The molecule has 0 atom stereocenters. The van der Waals surface area contributed by atoms with Gasteiger partial charge in [0, 0.05) is 22.0 Å². The Morgan fingerprint density at radius 3 is 1.89 bits per heavy atom. The molecule has 0 fully saturated rings. The highest BCUT2D eigenvalue weighted by Crippen LogP contribution is 2.18. The van der Waals surface area contributed by atoms with Gasteiger partial charge in [0.05, 0.1) is 0 Å². The summed E-state index contributed by atoms with van der Waals surface area (Å²) >= 11 is 0. The maximum Gasteiger partial charge on any atom is 0.471 e. The monoisotopic (exact) mass is 389 g/mol. The maximum atomic E-state index is 12.2. The van der Waals surface area contributed by atoms with Crippen LogP contribution in [0, 0.1) is 0 Å². The molecule has 0 unspecified atom stereocenters. The summed E-state index contributed by atoms with van der Waals surface area (Å²) in [4.78, 5) is 47.2. The molecule has 0 radical (unpaired) electrons.